The van der Waals surface area contributed by atoms with E-state index in [0.717, 1.165) is 17.0 Å². The third kappa shape index (κ3) is 1.66. The first-order valence-corrected chi connectivity index (χ1v) is 4.65. The van der Waals surface area contributed by atoms with Gasteiger partial charge in [-0.15, -0.1) is 0 Å². The quantitative estimate of drug-likeness (QED) is 0.807. The minimum Gasteiger partial charge on any atom is -0.496 e. The largest absolute Gasteiger partial charge is 0.496 e. The molecule has 0 amide bonds. The summed E-state index contributed by atoms with van der Waals surface area (Å²) in [4.78, 5) is 0. The van der Waals surface area contributed by atoms with Crippen molar-refractivity contribution in [3.63, 3.8) is 0 Å². The van der Waals surface area contributed by atoms with Crippen molar-refractivity contribution in [2.45, 2.75) is 0 Å². The van der Waals surface area contributed by atoms with Gasteiger partial charge in [-0.05, 0) is 12.1 Å². The van der Waals surface area contributed by atoms with Crippen LogP contribution in [-0.2, 0) is 7.05 Å². The van der Waals surface area contributed by atoms with Gasteiger partial charge in [-0.3, -0.25) is 4.68 Å². The molecule has 4 heteroatoms. The van der Waals surface area contributed by atoms with Crippen LogP contribution in [0.3, 0.4) is 0 Å². The summed E-state index contributed by atoms with van der Waals surface area (Å²) in [6.07, 6.45) is 1.78. The lowest BCUT2D eigenvalue weighted by atomic mass is 10.1. The molecule has 0 saturated carbocycles. The van der Waals surface area contributed by atoms with Crippen LogP contribution in [0, 0.1) is 0 Å². The van der Waals surface area contributed by atoms with Crippen LogP contribution in [0.5, 0.6) is 5.75 Å². The third-order valence-corrected chi connectivity index (χ3v) is 2.22. The average Bonchev–Trinajstić information content (AvgIpc) is 2.57. The fourth-order valence-electron chi connectivity index (χ4n) is 1.56. The number of anilines is 1. The lowest BCUT2D eigenvalue weighted by Crippen LogP contribution is -1.92. The molecule has 0 atom stereocenters. The zero-order valence-electron chi connectivity index (χ0n) is 8.77. The topological polar surface area (TPSA) is 53.1 Å². The van der Waals surface area contributed by atoms with Crippen LogP contribution in [-0.4, -0.2) is 16.9 Å². The van der Waals surface area contributed by atoms with Crippen molar-refractivity contribution in [1.82, 2.24) is 9.78 Å². The van der Waals surface area contributed by atoms with Gasteiger partial charge >= 0.3 is 0 Å². The first-order valence-electron chi connectivity index (χ1n) is 4.65. The first kappa shape index (κ1) is 9.58. The van der Waals surface area contributed by atoms with E-state index in [4.69, 9.17) is 10.5 Å². The molecule has 0 bridgehead atoms. The molecule has 1 aromatic heterocycles. The lowest BCUT2D eigenvalue weighted by Gasteiger charge is -2.05. The first-order chi connectivity index (χ1) is 7.22. The number of aryl methyl sites for hydroxylation is 1. The Morgan fingerprint density at radius 3 is 2.67 bits per heavy atom. The minimum absolute atomic E-state index is 0.655. The highest BCUT2D eigenvalue weighted by Gasteiger charge is 2.11. The molecule has 2 N–H and O–H groups in total. The number of hydrogen-bond donors (Lipinski definition) is 1. The van der Waals surface area contributed by atoms with Crippen LogP contribution in [0.4, 0.5) is 5.69 Å². The molecule has 2 rings (SSSR count). The fraction of sp³-hybridized carbons (Fsp3) is 0.182. The van der Waals surface area contributed by atoms with E-state index in [1.54, 1.807) is 18.0 Å². The lowest BCUT2D eigenvalue weighted by molar-refractivity contribution is 0.416. The number of rotatable bonds is 2. The fourth-order valence-corrected chi connectivity index (χ4v) is 1.56. The van der Waals surface area contributed by atoms with Gasteiger partial charge in [0.05, 0.1) is 12.8 Å². The van der Waals surface area contributed by atoms with Crippen LogP contribution >= 0.6 is 0 Å². The molecule has 0 unspecified atom stereocenters. The number of benzene rings is 1. The molecule has 0 aliphatic rings. The maximum atomic E-state index is 5.86. The predicted molar refractivity (Wildman–Crippen MR) is 59.6 cm³/mol. The number of nitrogen functional groups attached to an aromatic ring is 1. The Morgan fingerprint density at radius 1 is 1.33 bits per heavy atom. The molecule has 78 valence electrons. The predicted octanol–water partition coefficient (Wildman–Crippen LogP) is 1.68. The Balaban J connectivity index is 2.58. The number of nitrogens with two attached hydrogens (primary N) is 1. The smallest absolute Gasteiger partial charge is 0.128 e. The monoisotopic (exact) mass is 203 g/mol. The summed E-state index contributed by atoms with van der Waals surface area (Å²) in [6, 6.07) is 7.69. The second-order valence-electron chi connectivity index (χ2n) is 3.31. The van der Waals surface area contributed by atoms with Crippen molar-refractivity contribution in [2.75, 3.05) is 12.8 Å². The molecule has 0 fully saturated rings. The Hall–Kier alpha value is -1.97. The Morgan fingerprint density at radius 2 is 2.07 bits per heavy atom. The number of methoxy groups -OCH3 is 1. The zero-order valence-corrected chi connectivity index (χ0v) is 8.77. The highest BCUT2D eigenvalue weighted by molar-refractivity contribution is 5.76. The van der Waals surface area contributed by atoms with E-state index in [1.807, 2.05) is 31.3 Å². The molecule has 2 aromatic rings. The molecular formula is C11H13N3O. The van der Waals surface area contributed by atoms with Gasteiger partial charge in [0.25, 0.3) is 0 Å². The summed E-state index contributed by atoms with van der Waals surface area (Å²) in [5.41, 5.74) is 8.19. The van der Waals surface area contributed by atoms with Crippen molar-refractivity contribution in [3.05, 3.63) is 30.5 Å². The number of nitrogens with zero attached hydrogens (tertiary/aromatic N) is 2. The second kappa shape index (κ2) is 3.65. The van der Waals surface area contributed by atoms with Crippen molar-refractivity contribution in [2.24, 2.45) is 7.05 Å². The summed E-state index contributed by atoms with van der Waals surface area (Å²) in [5, 5.41) is 4.30. The van der Waals surface area contributed by atoms with E-state index >= 15 is 0 Å². The highest BCUT2D eigenvalue weighted by atomic mass is 16.5. The van der Waals surface area contributed by atoms with Gasteiger partial charge in [0.2, 0.25) is 0 Å². The molecule has 4 nitrogen and oxygen atoms in total. The van der Waals surface area contributed by atoms with Gasteiger partial charge in [0.15, 0.2) is 0 Å². The summed E-state index contributed by atoms with van der Waals surface area (Å²) < 4.78 is 6.95. The van der Waals surface area contributed by atoms with Crippen LogP contribution in [0.15, 0.2) is 30.5 Å². The van der Waals surface area contributed by atoms with Gasteiger partial charge in [0, 0.05) is 18.8 Å². The average molecular weight is 203 g/mol. The summed E-state index contributed by atoms with van der Waals surface area (Å²) >= 11 is 0. The molecule has 0 spiro atoms. The van der Waals surface area contributed by atoms with Crippen molar-refractivity contribution >= 4 is 5.69 Å². The number of ether oxygens (including phenoxy) is 1. The van der Waals surface area contributed by atoms with E-state index in [0.29, 0.717) is 5.69 Å². The van der Waals surface area contributed by atoms with Crippen LogP contribution < -0.4 is 10.5 Å². The van der Waals surface area contributed by atoms with Gasteiger partial charge < -0.3 is 10.5 Å². The molecule has 0 saturated heterocycles. The third-order valence-electron chi connectivity index (χ3n) is 2.22. The standard InChI is InChI=1S/C11H13N3O/c1-14-7-9(12)11(13-14)8-5-3-4-6-10(8)15-2/h3-7H,12H2,1-2H3. The van der Waals surface area contributed by atoms with Gasteiger partial charge in [0.1, 0.15) is 11.4 Å². The maximum Gasteiger partial charge on any atom is 0.128 e. The SMILES string of the molecule is COc1ccccc1-c1nn(C)cc1N. The molecule has 1 aromatic carbocycles. The van der Waals surface area contributed by atoms with Crippen LogP contribution in [0.25, 0.3) is 11.3 Å². The highest BCUT2D eigenvalue weighted by Crippen LogP contribution is 2.31. The normalized spacial score (nSPS) is 10.3. The Bertz CT molecular complexity index is 476. The Kier molecular flexibility index (Phi) is 2.33. The molecule has 1 heterocycles. The maximum absolute atomic E-state index is 5.86. The Labute approximate surface area is 88.3 Å². The van der Waals surface area contributed by atoms with Gasteiger partial charge in [-0.25, -0.2) is 0 Å². The van der Waals surface area contributed by atoms with Gasteiger partial charge in [-0.2, -0.15) is 5.10 Å². The van der Waals surface area contributed by atoms with Crippen LogP contribution in [0.1, 0.15) is 0 Å². The van der Waals surface area contributed by atoms with Crippen molar-refractivity contribution in [1.29, 1.82) is 0 Å². The van der Waals surface area contributed by atoms with Crippen molar-refractivity contribution < 1.29 is 4.74 Å². The summed E-state index contributed by atoms with van der Waals surface area (Å²) in [6.45, 7) is 0. The minimum atomic E-state index is 0.655. The summed E-state index contributed by atoms with van der Waals surface area (Å²) in [7, 11) is 3.48. The zero-order chi connectivity index (χ0) is 10.8. The van der Waals surface area contributed by atoms with E-state index < -0.39 is 0 Å². The molecule has 15 heavy (non-hydrogen) atoms. The summed E-state index contributed by atoms with van der Waals surface area (Å²) in [5.74, 6) is 0.780. The molecule has 0 aliphatic heterocycles. The van der Waals surface area contributed by atoms with Gasteiger partial charge in [-0.1, -0.05) is 12.1 Å². The number of para-hydroxylation sites is 1. The number of aromatic nitrogens is 2. The van der Waals surface area contributed by atoms with E-state index in [-0.39, 0.29) is 0 Å². The second-order valence-corrected chi connectivity index (χ2v) is 3.31. The van der Waals surface area contributed by atoms with Crippen molar-refractivity contribution in [3.8, 4) is 17.0 Å². The molecule has 0 aliphatic carbocycles. The number of hydrogen-bond acceptors (Lipinski definition) is 3. The van der Waals surface area contributed by atoms with E-state index in [2.05, 4.69) is 5.10 Å². The molecular weight excluding hydrogens is 190 g/mol. The molecule has 0 radical (unpaired) electrons. The van der Waals surface area contributed by atoms with E-state index in [9.17, 15) is 0 Å². The van der Waals surface area contributed by atoms with Crippen LogP contribution in [0.2, 0.25) is 0 Å². The van der Waals surface area contributed by atoms with E-state index in [1.165, 1.54) is 0 Å².